The quantitative estimate of drug-likeness (QED) is 0.497. The predicted octanol–water partition coefficient (Wildman–Crippen LogP) is 3.16. The Labute approximate surface area is 136 Å². The van der Waals surface area contributed by atoms with Crippen molar-refractivity contribution in [3.63, 3.8) is 0 Å². The van der Waals surface area contributed by atoms with Gasteiger partial charge in [0.1, 0.15) is 0 Å². The maximum absolute atomic E-state index is 12.3. The van der Waals surface area contributed by atoms with Crippen LogP contribution in [0.15, 0.2) is 61.2 Å². The first-order valence-electron chi connectivity index (χ1n) is 6.84. The van der Waals surface area contributed by atoms with E-state index in [1.54, 1.807) is 24.3 Å². The van der Waals surface area contributed by atoms with Crippen molar-refractivity contribution in [3.8, 4) is 0 Å². The van der Waals surface area contributed by atoms with Crippen LogP contribution in [0.5, 0.6) is 0 Å². The fourth-order valence-corrected chi connectivity index (χ4v) is 2.10. The molecule has 0 bridgehead atoms. The number of carbonyl (C=O) groups is 1. The van der Waals surface area contributed by atoms with Gasteiger partial charge >= 0.3 is 0 Å². The summed E-state index contributed by atoms with van der Waals surface area (Å²) < 4.78 is 0. The molecule has 8 heteroatoms. The lowest BCUT2D eigenvalue weighted by molar-refractivity contribution is -0.394. The summed E-state index contributed by atoms with van der Waals surface area (Å²) in [5.74, 6) is -0.671. The second-order valence-electron chi connectivity index (χ2n) is 4.85. The molecule has 0 aromatic heterocycles. The van der Waals surface area contributed by atoms with Gasteiger partial charge in [-0.1, -0.05) is 36.4 Å². The molecule has 0 radical (unpaired) electrons. The third-order valence-electron chi connectivity index (χ3n) is 3.27. The molecule has 1 amide bonds. The number of non-ortho nitro benzene ring substituents is 2. The Morgan fingerprint density at radius 2 is 1.58 bits per heavy atom. The second kappa shape index (κ2) is 7.14. The minimum atomic E-state index is -0.786. The fraction of sp³-hybridized carbons (Fsp3) is 0.0625. The van der Waals surface area contributed by atoms with Crippen LogP contribution >= 0.6 is 0 Å². The first-order valence-corrected chi connectivity index (χ1v) is 6.84. The standard InChI is InChI=1S/C16H13N3O5/c1-2-15(11-6-4-3-5-7-11)17-16(20)12-8-13(18(21)22)10-14(9-12)19(23)24/h2-10,15H,1H2,(H,17,20). The first-order chi connectivity index (χ1) is 11.4. The summed E-state index contributed by atoms with van der Waals surface area (Å²) >= 11 is 0. The molecule has 2 aromatic carbocycles. The minimum Gasteiger partial charge on any atom is -0.342 e. The van der Waals surface area contributed by atoms with E-state index < -0.39 is 33.2 Å². The number of hydrogen-bond donors (Lipinski definition) is 1. The van der Waals surface area contributed by atoms with Crippen LogP contribution in [-0.4, -0.2) is 15.8 Å². The van der Waals surface area contributed by atoms with Gasteiger partial charge in [-0.05, 0) is 5.56 Å². The molecule has 0 aliphatic carbocycles. The summed E-state index contributed by atoms with van der Waals surface area (Å²) in [6, 6.07) is 11.2. The fourth-order valence-electron chi connectivity index (χ4n) is 2.10. The molecule has 1 atom stereocenters. The third kappa shape index (κ3) is 3.80. The number of carbonyl (C=O) groups excluding carboxylic acids is 1. The van der Waals surface area contributed by atoms with Crippen molar-refractivity contribution in [3.05, 3.63) is 92.5 Å². The molecule has 2 rings (SSSR count). The van der Waals surface area contributed by atoms with E-state index in [2.05, 4.69) is 11.9 Å². The molecule has 122 valence electrons. The largest absolute Gasteiger partial charge is 0.342 e. The summed E-state index contributed by atoms with van der Waals surface area (Å²) in [7, 11) is 0. The molecule has 0 fully saturated rings. The Kier molecular flexibility index (Phi) is 5.00. The molecule has 0 saturated carbocycles. The van der Waals surface area contributed by atoms with Crippen LogP contribution in [0.3, 0.4) is 0 Å². The van der Waals surface area contributed by atoms with Crippen LogP contribution in [-0.2, 0) is 0 Å². The van der Waals surface area contributed by atoms with Crippen LogP contribution in [0.2, 0.25) is 0 Å². The predicted molar refractivity (Wildman–Crippen MR) is 86.6 cm³/mol. The molecule has 1 unspecified atom stereocenters. The average molecular weight is 327 g/mol. The van der Waals surface area contributed by atoms with Gasteiger partial charge in [0.25, 0.3) is 17.3 Å². The zero-order valence-electron chi connectivity index (χ0n) is 12.4. The lowest BCUT2D eigenvalue weighted by Gasteiger charge is -2.15. The SMILES string of the molecule is C=CC(NC(=O)c1cc([N+](=O)[O-])cc([N+](=O)[O-])c1)c1ccccc1. The smallest absolute Gasteiger partial charge is 0.277 e. The highest BCUT2D eigenvalue weighted by Gasteiger charge is 2.21. The van der Waals surface area contributed by atoms with Gasteiger partial charge in [-0.25, -0.2) is 0 Å². The summed E-state index contributed by atoms with van der Waals surface area (Å²) in [4.78, 5) is 32.5. The molecule has 0 heterocycles. The van der Waals surface area contributed by atoms with Crippen molar-refractivity contribution in [2.24, 2.45) is 0 Å². The number of nitro groups is 2. The van der Waals surface area contributed by atoms with E-state index in [4.69, 9.17) is 0 Å². The molecular weight excluding hydrogens is 314 g/mol. The molecular formula is C16H13N3O5. The van der Waals surface area contributed by atoms with Crippen LogP contribution in [0.1, 0.15) is 22.0 Å². The number of amides is 1. The van der Waals surface area contributed by atoms with Gasteiger partial charge in [0, 0.05) is 12.1 Å². The molecule has 2 aromatic rings. The van der Waals surface area contributed by atoms with Gasteiger partial charge in [-0.3, -0.25) is 25.0 Å². The Bertz CT molecular complexity index is 772. The number of nitrogens with one attached hydrogen (secondary N) is 1. The van der Waals surface area contributed by atoms with Gasteiger partial charge in [-0.15, -0.1) is 6.58 Å². The molecule has 0 aliphatic rings. The Morgan fingerprint density at radius 1 is 1.04 bits per heavy atom. The van der Waals surface area contributed by atoms with E-state index >= 15 is 0 Å². The van der Waals surface area contributed by atoms with E-state index in [-0.39, 0.29) is 5.56 Å². The highest BCUT2D eigenvalue weighted by Crippen LogP contribution is 2.23. The summed E-state index contributed by atoms with van der Waals surface area (Å²) in [6.07, 6.45) is 1.50. The van der Waals surface area contributed by atoms with Crippen molar-refractivity contribution >= 4 is 17.3 Å². The number of rotatable bonds is 6. The molecule has 0 aliphatic heterocycles. The van der Waals surface area contributed by atoms with Crippen molar-refractivity contribution in [1.29, 1.82) is 0 Å². The van der Waals surface area contributed by atoms with Crippen LogP contribution in [0, 0.1) is 20.2 Å². The zero-order valence-corrected chi connectivity index (χ0v) is 12.4. The Balaban J connectivity index is 2.33. The minimum absolute atomic E-state index is 0.168. The first kappa shape index (κ1) is 16.8. The van der Waals surface area contributed by atoms with Crippen molar-refractivity contribution in [2.45, 2.75) is 6.04 Å². The highest BCUT2D eigenvalue weighted by atomic mass is 16.6. The average Bonchev–Trinajstić information content (AvgIpc) is 2.59. The molecule has 8 nitrogen and oxygen atoms in total. The topological polar surface area (TPSA) is 115 Å². The maximum atomic E-state index is 12.3. The molecule has 24 heavy (non-hydrogen) atoms. The van der Waals surface area contributed by atoms with Crippen LogP contribution < -0.4 is 5.32 Å². The lowest BCUT2D eigenvalue weighted by atomic mass is 10.1. The number of nitrogens with zero attached hydrogens (tertiary/aromatic N) is 2. The maximum Gasteiger partial charge on any atom is 0.277 e. The van der Waals surface area contributed by atoms with Gasteiger partial charge in [0.05, 0.1) is 27.5 Å². The normalized spacial score (nSPS) is 11.3. The highest BCUT2D eigenvalue weighted by molar-refractivity contribution is 5.96. The van der Waals surface area contributed by atoms with Crippen LogP contribution in [0.4, 0.5) is 11.4 Å². The number of benzene rings is 2. The van der Waals surface area contributed by atoms with E-state index in [1.165, 1.54) is 6.08 Å². The summed E-state index contributed by atoms with van der Waals surface area (Å²) in [5.41, 5.74) is -0.451. The third-order valence-corrected chi connectivity index (χ3v) is 3.27. The summed E-state index contributed by atoms with van der Waals surface area (Å²) in [5, 5.41) is 24.4. The molecule has 0 spiro atoms. The van der Waals surface area contributed by atoms with Gasteiger partial charge in [0.15, 0.2) is 0 Å². The zero-order chi connectivity index (χ0) is 17.7. The molecule has 1 N–H and O–H groups in total. The van der Waals surface area contributed by atoms with E-state index in [0.29, 0.717) is 0 Å². The lowest BCUT2D eigenvalue weighted by Crippen LogP contribution is -2.27. The van der Waals surface area contributed by atoms with Crippen molar-refractivity contribution in [1.82, 2.24) is 5.32 Å². The Morgan fingerprint density at radius 3 is 2.04 bits per heavy atom. The number of hydrogen-bond acceptors (Lipinski definition) is 5. The van der Waals surface area contributed by atoms with Gasteiger partial charge < -0.3 is 5.32 Å². The van der Waals surface area contributed by atoms with E-state index in [1.807, 2.05) is 6.07 Å². The van der Waals surface area contributed by atoms with E-state index in [9.17, 15) is 25.0 Å². The van der Waals surface area contributed by atoms with E-state index in [0.717, 1.165) is 23.8 Å². The van der Waals surface area contributed by atoms with Gasteiger partial charge in [0.2, 0.25) is 0 Å². The monoisotopic (exact) mass is 327 g/mol. The molecule has 0 saturated heterocycles. The van der Waals surface area contributed by atoms with Crippen molar-refractivity contribution in [2.75, 3.05) is 0 Å². The second-order valence-corrected chi connectivity index (χ2v) is 4.85. The Hall–Kier alpha value is -3.55. The van der Waals surface area contributed by atoms with Crippen LogP contribution in [0.25, 0.3) is 0 Å². The van der Waals surface area contributed by atoms with Crippen molar-refractivity contribution < 1.29 is 14.6 Å². The van der Waals surface area contributed by atoms with Gasteiger partial charge in [-0.2, -0.15) is 0 Å². The number of nitro benzene ring substituents is 2. The summed E-state index contributed by atoms with van der Waals surface area (Å²) in [6.45, 7) is 3.64.